The van der Waals surface area contributed by atoms with Crippen LogP contribution in [0.15, 0.2) is 23.1 Å². The second-order valence-corrected chi connectivity index (χ2v) is 3.55. The molecule has 0 saturated heterocycles. The zero-order valence-electron chi connectivity index (χ0n) is 6.76. The highest BCUT2D eigenvalue weighted by Gasteiger charge is 1.96. The van der Waals surface area contributed by atoms with Crippen LogP contribution in [0.5, 0.6) is 0 Å². The molecule has 0 saturated carbocycles. The van der Waals surface area contributed by atoms with Gasteiger partial charge in [0.1, 0.15) is 0 Å². The lowest BCUT2D eigenvalue weighted by molar-refractivity contribution is 0.928. The molecule has 0 spiro atoms. The molecule has 0 bridgehead atoms. The van der Waals surface area contributed by atoms with Gasteiger partial charge in [-0.15, -0.1) is 24.2 Å². The lowest BCUT2D eigenvalue weighted by atomic mass is 10.1. The van der Waals surface area contributed by atoms with Crippen LogP contribution in [0.25, 0.3) is 0 Å². The molecule has 2 N–H and O–H groups in total. The van der Waals surface area contributed by atoms with E-state index in [-0.39, 0.29) is 0 Å². The number of nitrogens with two attached hydrogens (primary N) is 1. The van der Waals surface area contributed by atoms with Crippen LogP contribution in [0.1, 0.15) is 12.0 Å². The van der Waals surface area contributed by atoms with Crippen molar-refractivity contribution >= 4 is 29.9 Å². The number of thiol groups is 1. The van der Waals surface area contributed by atoms with E-state index >= 15 is 0 Å². The molecule has 0 aliphatic carbocycles. The van der Waals surface area contributed by atoms with E-state index in [1.165, 1.54) is 5.56 Å². The van der Waals surface area contributed by atoms with E-state index in [4.69, 9.17) is 17.3 Å². The summed E-state index contributed by atoms with van der Waals surface area (Å²) in [5, 5.41) is 0. The molecule has 0 aliphatic rings. The summed E-state index contributed by atoms with van der Waals surface area (Å²) in [5.74, 6) is 0.697. The fourth-order valence-electron chi connectivity index (χ4n) is 1.03. The molecule has 3 heteroatoms. The van der Waals surface area contributed by atoms with E-state index in [0.29, 0.717) is 5.88 Å². The number of aryl methyl sites for hydroxylation is 1. The highest BCUT2D eigenvalue weighted by molar-refractivity contribution is 7.80. The van der Waals surface area contributed by atoms with Gasteiger partial charge in [0.05, 0.1) is 0 Å². The third-order valence-electron chi connectivity index (χ3n) is 1.69. The molecule has 0 atom stereocenters. The maximum absolute atomic E-state index is 5.68. The Morgan fingerprint density at radius 2 is 2.17 bits per heavy atom. The molecule has 66 valence electrons. The van der Waals surface area contributed by atoms with Gasteiger partial charge in [0, 0.05) is 16.5 Å². The molecule has 1 aromatic carbocycles. The van der Waals surface area contributed by atoms with Crippen LogP contribution in [0, 0.1) is 0 Å². The first-order valence-electron chi connectivity index (χ1n) is 3.87. The molecule has 1 aromatic rings. The summed E-state index contributed by atoms with van der Waals surface area (Å²) in [4.78, 5) is 0.838. The van der Waals surface area contributed by atoms with Crippen molar-refractivity contribution in [3.05, 3.63) is 23.8 Å². The van der Waals surface area contributed by atoms with Crippen molar-refractivity contribution in [1.29, 1.82) is 0 Å². The van der Waals surface area contributed by atoms with Crippen LogP contribution in [0.4, 0.5) is 5.69 Å². The van der Waals surface area contributed by atoms with E-state index in [1.807, 2.05) is 18.2 Å². The summed E-state index contributed by atoms with van der Waals surface area (Å²) >= 11 is 9.76. The van der Waals surface area contributed by atoms with E-state index in [9.17, 15) is 0 Å². The molecule has 0 fully saturated rings. The molecule has 1 rings (SSSR count). The number of hydrogen-bond donors (Lipinski definition) is 2. The standard InChI is InChI=1S/C9H12ClNS/c10-5-1-2-7-3-4-9(12)8(11)6-7/h3-4,6,12H,1-2,5,11H2. The number of rotatable bonds is 3. The number of hydrogen-bond acceptors (Lipinski definition) is 2. The van der Waals surface area contributed by atoms with Gasteiger partial charge in [-0.2, -0.15) is 0 Å². The lowest BCUT2D eigenvalue weighted by Gasteiger charge is -2.02. The predicted molar refractivity (Wildman–Crippen MR) is 57.1 cm³/mol. The first-order chi connectivity index (χ1) is 5.74. The van der Waals surface area contributed by atoms with Gasteiger partial charge in [0.25, 0.3) is 0 Å². The summed E-state index contributed by atoms with van der Waals surface area (Å²) < 4.78 is 0. The lowest BCUT2D eigenvalue weighted by Crippen LogP contribution is -1.91. The molecule has 0 unspecified atom stereocenters. The van der Waals surface area contributed by atoms with E-state index in [0.717, 1.165) is 23.4 Å². The van der Waals surface area contributed by atoms with Gasteiger partial charge in [-0.05, 0) is 30.5 Å². The Bertz CT molecular complexity index is 263. The Morgan fingerprint density at radius 1 is 1.42 bits per heavy atom. The fourth-order valence-corrected chi connectivity index (χ4v) is 1.30. The third kappa shape index (κ3) is 2.61. The van der Waals surface area contributed by atoms with Gasteiger partial charge in [0.2, 0.25) is 0 Å². The molecular formula is C9H12ClNS. The SMILES string of the molecule is Nc1cc(CCCCl)ccc1S. The minimum atomic E-state index is 0.697. The smallest absolute Gasteiger partial charge is 0.0452 e. The van der Waals surface area contributed by atoms with Gasteiger partial charge in [-0.3, -0.25) is 0 Å². The largest absolute Gasteiger partial charge is 0.398 e. The van der Waals surface area contributed by atoms with Crippen LogP contribution >= 0.6 is 24.2 Å². The van der Waals surface area contributed by atoms with Crippen LogP contribution in [-0.4, -0.2) is 5.88 Å². The van der Waals surface area contributed by atoms with E-state index in [2.05, 4.69) is 12.6 Å². The quantitative estimate of drug-likeness (QED) is 0.439. The third-order valence-corrected chi connectivity index (χ3v) is 2.37. The molecular weight excluding hydrogens is 190 g/mol. The molecule has 12 heavy (non-hydrogen) atoms. The van der Waals surface area contributed by atoms with Crippen LogP contribution in [-0.2, 0) is 6.42 Å². The van der Waals surface area contributed by atoms with Crippen molar-refractivity contribution in [1.82, 2.24) is 0 Å². The molecule has 0 heterocycles. The predicted octanol–water partition coefficient (Wildman–Crippen LogP) is 2.73. The molecule has 0 aliphatic heterocycles. The average molecular weight is 202 g/mol. The summed E-state index contributed by atoms with van der Waals surface area (Å²) in [6, 6.07) is 5.90. The van der Waals surface area contributed by atoms with Crippen molar-refractivity contribution in [2.24, 2.45) is 0 Å². The second-order valence-electron chi connectivity index (χ2n) is 2.69. The molecule has 0 amide bonds. The summed E-state index contributed by atoms with van der Waals surface area (Å²) in [6.45, 7) is 0. The topological polar surface area (TPSA) is 26.0 Å². The number of nitrogen functional groups attached to an aromatic ring is 1. The first kappa shape index (κ1) is 9.75. The Morgan fingerprint density at radius 3 is 2.75 bits per heavy atom. The highest BCUT2D eigenvalue weighted by Crippen LogP contribution is 2.18. The Hall–Kier alpha value is -0.340. The molecule has 0 aromatic heterocycles. The number of alkyl halides is 1. The second kappa shape index (κ2) is 4.63. The van der Waals surface area contributed by atoms with Crippen molar-refractivity contribution in [2.75, 3.05) is 11.6 Å². The van der Waals surface area contributed by atoms with Crippen molar-refractivity contribution in [3.63, 3.8) is 0 Å². The van der Waals surface area contributed by atoms with Gasteiger partial charge in [-0.25, -0.2) is 0 Å². The minimum absolute atomic E-state index is 0.697. The number of halogens is 1. The minimum Gasteiger partial charge on any atom is -0.398 e. The molecule has 1 nitrogen and oxygen atoms in total. The maximum atomic E-state index is 5.68. The van der Waals surface area contributed by atoms with Gasteiger partial charge in [-0.1, -0.05) is 6.07 Å². The number of anilines is 1. The average Bonchev–Trinajstić information content (AvgIpc) is 2.07. The van der Waals surface area contributed by atoms with E-state index in [1.54, 1.807) is 0 Å². The van der Waals surface area contributed by atoms with E-state index < -0.39 is 0 Å². The first-order valence-corrected chi connectivity index (χ1v) is 4.85. The Kier molecular flexibility index (Phi) is 3.76. The maximum Gasteiger partial charge on any atom is 0.0452 e. The zero-order chi connectivity index (χ0) is 8.97. The van der Waals surface area contributed by atoms with Crippen LogP contribution in [0.3, 0.4) is 0 Å². The van der Waals surface area contributed by atoms with Crippen LogP contribution < -0.4 is 5.73 Å². The Balaban J connectivity index is 2.69. The summed E-state index contributed by atoms with van der Waals surface area (Å²) in [7, 11) is 0. The van der Waals surface area contributed by atoms with Crippen molar-refractivity contribution in [3.8, 4) is 0 Å². The number of benzene rings is 1. The summed E-state index contributed by atoms with van der Waals surface area (Å²) in [6.07, 6.45) is 1.98. The van der Waals surface area contributed by atoms with Gasteiger partial charge in [0.15, 0.2) is 0 Å². The van der Waals surface area contributed by atoms with Gasteiger partial charge < -0.3 is 5.73 Å². The van der Waals surface area contributed by atoms with Crippen molar-refractivity contribution in [2.45, 2.75) is 17.7 Å². The Labute approximate surface area is 83.3 Å². The zero-order valence-corrected chi connectivity index (χ0v) is 8.41. The fraction of sp³-hybridized carbons (Fsp3) is 0.333. The normalized spacial score (nSPS) is 10.2. The summed E-state index contributed by atoms with van der Waals surface area (Å²) in [5.41, 5.74) is 7.65. The monoisotopic (exact) mass is 201 g/mol. The van der Waals surface area contributed by atoms with Crippen LogP contribution in [0.2, 0.25) is 0 Å². The highest BCUT2D eigenvalue weighted by atomic mass is 35.5. The molecule has 0 radical (unpaired) electrons. The van der Waals surface area contributed by atoms with Gasteiger partial charge >= 0.3 is 0 Å². The van der Waals surface area contributed by atoms with Crippen molar-refractivity contribution < 1.29 is 0 Å².